The first-order chi connectivity index (χ1) is 13.8. The Balaban J connectivity index is 1.46. The summed E-state index contributed by atoms with van der Waals surface area (Å²) in [5.41, 5.74) is 2.10. The number of benzene rings is 2. The Kier molecular flexibility index (Phi) is 4.46. The molecule has 146 valence electrons. The summed E-state index contributed by atoms with van der Waals surface area (Å²) in [7, 11) is 1.41. The number of carbonyl (C=O) groups is 5. The topological polar surface area (TPSA) is 104 Å². The number of hydrogen-bond donors (Lipinski definition) is 1. The Labute approximate surface area is 166 Å². The monoisotopic (exact) mass is 391 g/mol. The van der Waals surface area contributed by atoms with Crippen LogP contribution >= 0.6 is 0 Å². The Morgan fingerprint density at radius 2 is 1.52 bits per heavy atom. The van der Waals surface area contributed by atoms with Crippen LogP contribution in [0.5, 0.6) is 0 Å². The highest BCUT2D eigenvalue weighted by Crippen LogP contribution is 2.25. The number of carbonyl (C=O) groups excluding carboxylic acids is 5. The normalized spacial score (nSPS) is 15.9. The zero-order valence-corrected chi connectivity index (χ0v) is 15.6. The van der Waals surface area contributed by atoms with Crippen LogP contribution in [0.4, 0.5) is 5.69 Å². The van der Waals surface area contributed by atoms with Crippen molar-refractivity contribution in [2.75, 3.05) is 12.4 Å². The molecular weight excluding hydrogens is 374 g/mol. The minimum atomic E-state index is -0.406. The van der Waals surface area contributed by atoms with Gasteiger partial charge in [0.2, 0.25) is 11.8 Å². The molecule has 2 aromatic rings. The highest BCUT2D eigenvalue weighted by atomic mass is 16.2. The first-order valence-electron chi connectivity index (χ1n) is 9.05. The largest absolute Gasteiger partial charge is 0.322 e. The van der Waals surface area contributed by atoms with Crippen molar-refractivity contribution < 1.29 is 24.0 Å². The van der Waals surface area contributed by atoms with Gasteiger partial charge in [0.15, 0.2) is 0 Å². The third-order valence-corrected chi connectivity index (χ3v) is 5.06. The van der Waals surface area contributed by atoms with E-state index < -0.39 is 5.91 Å². The number of imide groups is 2. The van der Waals surface area contributed by atoms with Gasteiger partial charge in [-0.3, -0.25) is 33.8 Å². The van der Waals surface area contributed by atoms with E-state index in [1.807, 2.05) is 0 Å². The molecule has 0 bridgehead atoms. The van der Waals surface area contributed by atoms with E-state index in [-0.39, 0.29) is 48.6 Å². The summed E-state index contributed by atoms with van der Waals surface area (Å²) >= 11 is 0. The highest BCUT2D eigenvalue weighted by molar-refractivity contribution is 6.21. The second-order valence-corrected chi connectivity index (χ2v) is 6.95. The highest BCUT2D eigenvalue weighted by Gasteiger charge is 2.33. The molecule has 5 amide bonds. The predicted octanol–water partition coefficient (Wildman–Crippen LogP) is 1.81. The first kappa shape index (κ1) is 18.5. The summed E-state index contributed by atoms with van der Waals surface area (Å²) in [6, 6.07) is 11.1. The van der Waals surface area contributed by atoms with Gasteiger partial charge < -0.3 is 5.32 Å². The molecule has 0 aromatic heterocycles. The lowest BCUT2D eigenvalue weighted by atomic mass is 10.1. The van der Waals surface area contributed by atoms with Crippen LogP contribution in [0, 0.1) is 0 Å². The number of nitrogens with zero attached hydrogens (tertiary/aromatic N) is 2. The molecule has 2 aliphatic rings. The molecule has 1 N–H and O–H groups in total. The van der Waals surface area contributed by atoms with Gasteiger partial charge >= 0.3 is 0 Å². The van der Waals surface area contributed by atoms with E-state index in [9.17, 15) is 24.0 Å². The molecule has 29 heavy (non-hydrogen) atoms. The van der Waals surface area contributed by atoms with E-state index in [0.29, 0.717) is 16.8 Å². The van der Waals surface area contributed by atoms with Crippen LogP contribution < -0.4 is 5.32 Å². The SMILES string of the molecule is CN1C(=O)c2ccc(NC(=O)c3ccc(CN4C(=O)CCC4=O)cc3)cc2C1=O. The Bertz CT molecular complexity index is 1060. The van der Waals surface area contributed by atoms with E-state index in [4.69, 9.17) is 0 Å². The maximum absolute atomic E-state index is 12.5. The van der Waals surface area contributed by atoms with Gasteiger partial charge in [0.1, 0.15) is 0 Å². The van der Waals surface area contributed by atoms with Crippen molar-refractivity contribution in [2.45, 2.75) is 19.4 Å². The minimum absolute atomic E-state index is 0.188. The maximum Gasteiger partial charge on any atom is 0.261 e. The number of anilines is 1. The maximum atomic E-state index is 12.5. The molecule has 0 aliphatic carbocycles. The Hall–Kier alpha value is -3.81. The van der Waals surface area contributed by atoms with E-state index in [1.165, 1.54) is 24.1 Å². The summed E-state index contributed by atoms with van der Waals surface area (Å²) in [4.78, 5) is 62.2. The fourth-order valence-electron chi connectivity index (χ4n) is 3.39. The van der Waals surface area contributed by atoms with Crippen molar-refractivity contribution in [3.63, 3.8) is 0 Å². The summed E-state index contributed by atoms with van der Waals surface area (Å²) < 4.78 is 0. The number of nitrogens with one attached hydrogen (secondary N) is 1. The van der Waals surface area contributed by atoms with E-state index in [2.05, 4.69) is 5.32 Å². The predicted molar refractivity (Wildman–Crippen MR) is 102 cm³/mol. The smallest absolute Gasteiger partial charge is 0.261 e. The molecule has 4 rings (SSSR count). The van der Waals surface area contributed by atoms with Crippen LogP contribution in [0.3, 0.4) is 0 Å². The minimum Gasteiger partial charge on any atom is -0.322 e. The fourth-order valence-corrected chi connectivity index (χ4v) is 3.39. The molecule has 0 spiro atoms. The molecule has 0 atom stereocenters. The molecule has 0 unspecified atom stereocenters. The first-order valence-corrected chi connectivity index (χ1v) is 9.05. The molecule has 8 nitrogen and oxygen atoms in total. The van der Waals surface area contributed by atoms with Gasteiger partial charge in [-0.05, 0) is 35.9 Å². The number of fused-ring (bicyclic) bond motifs is 1. The van der Waals surface area contributed by atoms with Gasteiger partial charge in [-0.15, -0.1) is 0 Å². The lowest BCUT2D eigenvalue weighted by Crippen LogP contribution is -2.28. The van der Waals surface area contributed by atoms with Gasteiger partial charge in [-0.2, -0.15) is 0 Å². The second kappa shape index (κ2) is 6.97. The van der Waals surface area contributed by atoms with Gasteiger partial charge in [-0.1, -0.05) is 12.1 Å². The molecule has 1 fully saturated rings. The van der Waals surface area contributed by atoms with Crippen LogP contribution in [0.1, 0.15) is 49.5 Å². The van der Waals surface area contributed by atoms with Gasteiger partial charge in [0, 0.05) is 31.1 Å². The molecular formula is C21H17N3O5. The number of rotatable bonds is 4. The lowest BCUT2D eigenvalue weighted by Gasteiger charge is -2.14. The zero-order chi connectivity index (χ0) is 20.7. The summed E-state index contributed by atoms with van der Waals surface area (Å²) in [6.45, 7) is 0.189. The molecule has 2 aliphatic heterocycles. The lowest BCUT2D eigenvalue weighted by molar-refractivity contribution is -0.139. The molecule has 2 aromatic carbocycles. The van der Waals surface area contributed by atoms with Crippen LogP contribution in [0.2, 0.25) is 0 Å². The van der Waals surface area contributed by atoms with Gasteiger partial charge in [-0.25, -0.2) is 0 Å². The zero-order valence-electron chi connectivity index (χ0n) is 15.6. The summed E-state index contributed by atoms with van der Waals surface area (Å²) in [5.74, 6) is -1.53. The second-order valence-electron chi connectivity index (χ2n) is 6.95. The van der Waals surface area contributed by atoms with Crippen molar-refractivity contribution in [3.05, 3.63) is 64.7 Å². The van der Waals surface area contributed by atoms with Crippen LogP contribution in [0.25, 0.3) is 0 Å². The molecule has 2 heterocycles. The summed E-state index contributed by atoms with van der Waals surface area (Å²) in [5, 5.41) is 2.71. The van der Waals surface area contributed by atoms with Gasteiger partial charge in [0.25, 0.3) is 17.7 Å². The number of hydrogen-bond acceptors (Lipinski definition) is 5. The third-order valence-electron chi connectivity index (χ3n) is 5.06. The molecule has 8 heteroatoms. The third kappa shape index (κ3) is 3.29. The van der Waals surface area contributed by atoms with Crippen molar-refractivity contribution in [2.24, 2.45) is 0 Å². The molecule has 0 saturated carbocycles. The fraction of sp³-hybridized carbons (Fsp3) is 0.190. The Morgan fingerprint density at radius 3 is 2.17 bits per heavy atom. The quantitative estimate of drug-likeness (QED) is 0.801. The van der Waals surface area contributed by atoms with Crippen molar-refractivity contribution >= 4 is 35.2 Å². The van der Waals surface area contributed by atoms with E-state index >= 15 is 0 Å². The van der Waals surface area contributed by atoms with Crippen molar-refractivity contribution in [3.8, 4) is 0 Å². The van der Waals surface area contributed by atoms with Crippen molar-refractivity contribution in [1.82, 2.24) is 9.80 Å². The van der Waals surface area contributed by atoms with Crippen LogP contribution in [-0.4, -0.2) is 46.4 Å². The molecule has 0 radical (unpaired) electrons. The molecule has 1 saturated heterocycles. The van der Waals surface area contributed by atoms with Crippen molar-refractivity contribution in [1.29, 1.82) is 0 Å². The number of likely N-dealkylation sites (tertiary alicyclic amines) is 1. The average Bonchev–Trinajstić information content (AvgIpc) is 3.14. The number of amides is 5. The van der Waals surface area contributed by atoms with Crippen LogP contribution in [0.15, 0.2) is 42.5 Å². The van der Waals surface area contributed by atoms with E-state index in [1.54, 1.807) is 30.3 Å². The van der Waals surface area contributed by atoms with E-state index in [0.717, 1.165) is 10.5 Å². The summed E-state index contributed by atoms with van der Waals surface area (Å²) in [6.07, 6.45) is 0.480. The van der Waals surface area contributed by atoms with Gasteiger partial charge in [0.05, 0.1) is 17.7 Å². The Morgan fingerprint density at radius 1 is 0.897 bits per heavy atom. The standard InChI is InChI=1S/C21H17N3O5/c1-23-20(28)15-7-6-14(10-16(15)21(23)29)22-19(27)13-4-2-12(3-5-13)11-24-17(25)8-9-18(24)26/h2-7,10H,8-9,11H2,1H3,(H,22,27). The average molecular weight is 391 g/mol. The van der Waals surface area contributed by atoms with Crippen LogP contribution in [-0.2, 0) is 16.1 Å².